The number of hydrogen-bond acceptors (Lipinski definition) is 9. The predicted molar refractivity (Wildman–Crippen MR) is 118 cm³/mol. The Balaban J connectivity index is 1.34. The molecule has 2 aliphatic rings. The number of imidazole rings is 1. The average Bonchev–Trinajstić information content (AvgIpc) is 3.48. The van der Waals surface area contributed by atoms with E-state index in [1.807, 2.05) is 12.1 Å². The number of pyridine rings is 1. The van der Waals surface area contributed by atoms with Gasteiger partial charge in [-0.05, 0) is 40.9 Å². The van der Waals surface area contributed by atoms with Crippen molar-refractivity contribution in [3.8, 4) is 0 Å². The Labute approximate surface area is 187 Å². The Morgan fingerprint density at radius 1 is 1.13 bits per heavy atom. The summed E-state index contributed by atoms with van der Waals surface area (Å²) >= 11 is 3.42. The Bertz CT molecular complexity index is 1060. The fourth-order valence-electron chi connectivity index (χ4n) is 4.59. The van der Waals surface area contributed by atoms with Crippen molar-refractivity contribution in [1.82, 2.24) is 24.5 Å². The zero-order chi connectivity index (χ0) is 21.5. The van der Waals surface area contributed by atoms with Crippen LogP contribution in [-0.2, 0) is 0 Å². The smallest absolute Gasteiger partial charge is 0.165 e. The van der Waals surface area contributed by atoms with Crippen LogP contribution in [0, 0.1) is 5.92 Å². The summed E-state index contributed by atoms with van der Waals surface area (Å²) in [5, 5.41) is 33.6. The summed E-state index contributed by atoms with van der Waals surface area (Å²) in [6.45, 7) is 1.52. The third-order valence-electron chi connectivity index (χ3n) is 6.29. The van der Waals surface area contributed by atoms with Crippen LogP contribution >= 0.6 is 15.9 Å². The van der Waals surface area contributed by atoms with Crippen LogP contribution in [0.1, 0.15) is 18.9 Å². The molecule has 10 nitrogen and oxygen atoms in total. The second-order valence-electron chi connectivity index (χ2n) is 8.18. The maximum atomic E-state index is 10.5. The highest BCUT2D eigenvalue weighted by molar-refractivity contribution is 9.10. The van der Waals surface area contributed by atoms with E-state index in [9.17, 15) is 15.3 Å². The molecule has 1 saturated heterocycles. The molecule has 1 aliphatic carbocycles. The van der Waals surface area contributed by atoms with Crippen molar-refractivity contribution >= 4 is 38.7 Å². The summed E-state index contributed by atoms with van der Waals surface area (Å²) in [6, 6.07) is 3.77. The van der Waals surface area contributed by atoms with E-state index >= 15 is 0 Å². The first-order valence-electron chi connectivity index (χ1n) is 10.3. The largest absolute Gasteiger partial charge is 0.396 e. The van der Waals surface area contributed by atoms with Gasteiger partial charge in [-0.15, -0.1) is 0 Å². The molecule has 11 heteroatoms. The average molecular weight is 490 g/mol. The summed E-state index contributed by atoms with van der Waals surface area (Å²) in [4.78, 5) is 20.0. The van der Waals surface area contributed by atoms with Gasteiger partial charge in [0.15, 0.2) is 11.5 Å². The molecule has 1 saturated carbocycles. The van der Waals surface area contributed by atoms with Gasteiger partial charge in [0.1, 0.15) is 23.8 Å². The first-order valence-corrected chi connectivity index (χ1v) is 11.1. The number of rotatable bonds is 5. The van der Waals surface area contributed by atoms with Gasteiger partial charge < -0.3 is 30.1 Å². The van der Waals surface area contributed by atoms with E-state index in [2.05, 4.69) is 46.1 Å². The molecule has 31 heavy (non-hydrogen) atoms. The molecule has 0 aromatic carbocycles. The van der Waals surface area contributed by atoms with E-state index in [-0.39, 0.29) is 18.6 Å². The van der Waals surface area contributed by atoms with Crippen molar-refractivity contribution in [2.45, 2.75) is 37.1 Å². The van der Waals surface area contributed by atoms with Crippen LogP contribution in [0.5, 0.6) is 0 Å². The molecule has 5 atom stereocenters. The Kier molecular flexibility index (Phi) is 5.51. The minimum Gasteiger partial charge on any atom is -0.396 e. The van der Waals surface area contributed by atoms with Gasteiger partial charge in [-0.1, -0.05) is 0 Å². The fraction of sp³-hybridized carbons (Fsp3) is 0.500. The van der Waals surface area contributed by atoms with Gasteiger partial charge in [0, 0.05) is 42.3 Å². The highest BCUT2D eigenvalue weighted by Gasteiger charge is 2.42. The number of nitrogens with one attached hydrogen (secondary N) is 1. The summed E-state index contributed by atoms with van der Waals surface area (Å²) < 4.78 is 2.73. The molecular formula is C20H24BrN7O3. The van der Waals surface area contributed by atoms with Crippen molar-refractivity contribution in [1.29, 1.82) is 0 Å². The first kappa shape index (κ1) is 20.6. The molecule has 3 aromatic heterocycles. The molecule has 1 aliphatic heterocycles. The molecule has 4 N–H and O–H groups in total. The van der Waals surface area contributed by atoms with Crippen LogP contribution in [0.15, 0.2) is 35.5 Å². The summed E-state index contributed by atoms with van der Waals surface area (Å²) in [5.41, 5.74) is 1.22. The van der Waals surface area contributed by atoms with Gasteiger partial charge >= 0.3 is 0 Å². The van der Waals surface area contributed by atoms with Gasteiger partial charge in [0.25, 0.3) is 0 Å². The Morgan fingerprint density at radius 3 is 2.74 bits per heavy atom. The Hall–Kier alpha value is -2.34. The highest BCUT2D eigenvalue weighted by Crippen LogP contribution is 2.37. The minimum atomic E-state index is -0.984. The maximum absolute atomic E-state index is 10.5. The number of anilines is 2. The van der Waals surface area contributed by atoms with Crippen molar-refractivity contribution in [3.63, 3.8) is 0 Å². The quantitative estimate of drug-likeness (QED) is 0.413. The zero-order valence-corrected chi connectivity index (χ0v) is 18.3. The van der Waals surface area contributed by atoms with Gasteiger partial charge in [-0.3, -0.25) is 0 Å². The fourth-order valence-corrected chi connectivity index (χ4v) is 4.83. The third-order valence-corrected chi connectivity index (χ3v) is 6.76. The highest BCUT2D eigenvalue weighted by atomic mass is 79.9. The van der Waals surface area contributed by atoms with Crippen LogP contribution in [0.25, 0.3) is 11.2 Å². The number of aromatic nitrogens is 5. The minimum absolute atomic E-state index is 0.172. The standard InChI is InChI=1S/C20H24BrN7O3/c21-12-1-2-15(22-6-12)27-4-3-13(7-27)26-19-16-20(24-9-23-19)28(10-25-16)14-5-11(8-29)17(30)18(14)31/h1-2,6,9-11,13-14,17-18,29-31H,3-5,7-8H2,(H,23,24,26)/t11-,13+,14-,17-,18+/m1/s1. The van der Waals surface area contributed by atoms with Gasteiger partial charge in [0.2, 0.25) is 0 Å². The number of nitrogens with zero attached hydrogens (tertiary/aromatic N) is 6. The van der Waals surface area contributed by atoms with Crippen LogP contribution in [0.3, 0.4) is 0 Å². The van der Waals surface area contributed by atoms with E-state index in [1.54, 1.807) is 17.1 Å². The normalized spacial score (nSPS) is 28.5. The van der Waals surface area contributed by atoms with Gasteiger partial charge in [-0.25, -0.2) is 19.9 Å². The number of fused-ring (bicyclic) bond motifs is 1. The summed E-state index contributed by atoms with van der Waals surface area (Å²) in [6.07, 6.45) is 4.34. The number of halogens is 1. The van der Waals surface area contributed by atoms with Crippen LogP contribution in [-0.4, -0.2) is 77.8 Å². The van der Waals surface area contributed by atoms with E-state index < -0.39 is 18.2 Å². The molecule has 0 radical (unpaired) electrons. The van der Waals surface area contributed by atoms with E-state index in [0.29, 0.717) is 23.4 Å². The van der Waals surface area contributed by atoms with Crippen molar-refractivity contribution in [3.05, 3.63) is 35.5 Å². The third kappa shape index (κ3) is 3.75. The number of hydrogen-bond donors (Lipinski definition) is 4. The first-order chi connectivity index (χ1) is 15.0. The monoisotopic (exact) mass is 489 g/mol. The number of aliphatic hydroxyl groups excluding tert-OH is 3. The van der Waals surface area contributed by atoms with E-state index in [1.165, 1.54) is 6.33 Å². The maximum Gasteiger partial charge on any atom is 0.165 e. The lowest BCUT2D eigenvalue weighted by Gasteiger charge is -2.19. The molecule has 164 valence electrons. The topological polar surface area (TPSA) is 132 Å². The molecule has 0 amide bonds. The lowest BCUT2D eigenvalue weighted by molar-refractivity contribution is -0.00370. The molecule has 4 heterocycles. The predicted octanol–water partition coefficient (Wildman–Crippen LogP) is 0.950. The summed E-state index contributed by atoms with van der Waals surface area (Å²) in [5.74, 6) is 1.22. The lowest BCUT2D eigenvalue weighted by atomic mass is 10.1. The molecule has 0 spiro atoms. The molecule has 3 aromatic rings. The van der Waals surface area contributed by atoms with E-state index in [4.69, 9.17) is 0 Å². The van der Waals surface area contributed by atoms with Crippen LogP contribution < -0.4 is 10.2 Å². The molecule has 0 unspecified atom stereocenters. The molecular weight excluding hydrogens is 466 g/mol. The van der Waals surface area contributed by atoms with Crippen molar-refractivity contribution in [2.24, 2.45) is 5.92 Å². The van der Waals surface area contributed by atoms with E-state index in [0.717, 1.165) is 29.8 Å². The Morgan fingerprint density at radius 2 is 2.00 bits per heavy atom. The molecule has 0 bridgehead atoms. The second-order valence-corrected chi connectivity index (χ2v) is 9.10. The van der Waals surface area contributed by atoms with Gasteiger partial charge in [0.05, 0.1) is 18.5 Å². The summed E-state index contributed by atoms with van der Waals surface area (Å²) in [7, 11) is 0. The van der Waals surface area contributed by atoms with Crippen molar-refractivity contribution < 1.29 is 15.3 Å². The van der Waals surface area contributed by atoms with Crippen LogP contribution in [0.2, 0.25) is 0 Å². The lowest BCUT2D eigenvalue weighted by Crippen LogP contribution is -2.30. The van der Waals surface area contributed by atoms with Gasteiger partial charge in [-0.2, -0.15) is 0 Å². The number of aliphatic hydroxyl groups is 3. The SMILES string of the molecule is OC[C@H]1C[C@@H](n2cnc3c(N[C@H]4CCN(c5ccc(Br)cn5)C4)ncnc32)[C@H](O)[C@@H]1O. The van der Waals surface area contributed by atoms with Crippen molar-refractivity contribution in [2.75, 3.05) is 29.9 Å². The molecule has 5 rings (SSSR count). The zero-order valence-electron chi connectivity index (χ0n) is 16.7. The second kappa shape index (κ2) is 8.30. The molecule has 2 fully saturated rings. The van der Waals surface area contributed by atoms with Crippen LogP contribution in [0.4, 0.5) is 11.6 Å².